The van der Waals surface area contributed by atoms with Crippen molar-refractivity contribution in [2.24, 2.45) is 0 Å². The van der Waals surface area contributed by atoms with Crippen molar-refractivity contribution in [3.05, 3.63) is 100 Å². The lowest BCUT2D eigenvalue weighted by atomic mass is 10.1. The Hall–Kier alpha value is -3.54. The molecule has 29 heavy (non-hydrogen) atoms. The van der Waals surface area contributed by atoms with Crippen LogP contribution in [0.4, 0.5) is 13.2 Å². The van der Waals surface area contributed by atoms with Gasteiger partial charge in [-0.05, 0) is 43.3 Å². The summed E-state index contributed by atoms with van der Waals surface area (Å²) in [6.45, 7) is 1.36. The maximum atomic E-state index is 13.9. The predicted molar refractivity (Wildman–Crippen MR) is 101 cm³/mol. The van der Waals surface area contributed by atoms with E-state index in [1.807, 2.05) is 0 Å². The van der Waals surface area contributed by atoms with E-state index in [1.165, 1.54) is 30.3 Å². The molecule has 0 saturated heterocycles. The molecule has 0 bridgehead atoms. The fraction of sp³-hybridized carbons (Fsp3) is 0.0870. The van der Waals surface area contributed by atoms with Crippen LogP contribution in [0, 0.1) is 24.4 Å². The molecule has 3 nitrogen and oxygen atoms in total. The number of Topliss-reactive ketones (excluding diaryl/α,β-unsaturated/α-hetero) is 1. The van der Waals surface area contributed by atoms with E-state index in [1.54, 1.807) is 25.1 Å². The normalized spacial score (nSPS) is 14.1. The highest BCUT2D eigenvalue weighted by Crippen LogP contribution is 2.39. The number of hydrogen-bond donors (Lipinski definition) is 0. The lowest BCUT2D eigenvalue weighted by molar-refractivity contribution is 0.101. The number of fused-ring (bicyclic) bond motifs is 1. The van der Waals surface area contributed by atoms with E-state index in [-0.39, 0.29) is 35.0 Å². The molecule has 4 rings (SSSR count). The summed E-state index contributed by atoms with van der Waals surface area (Å²) in [6, 6.07) is 12.7. The predicted octanol–water partition coefficient (Wildman–Crippen LogP) is 5.61. The van der Waals surface area contributed by atoms with E-state index in [9.17, 15) is 18.0 Å². The first-order valence-corrected chi connectivity index (χ1v) is 8.84. The summed E-state index contributed by atoms with van der Waals surface area (Å²) in [5.41, 5.74) is 0.858. The molecule has 3 aromatic carbocycles. The first kappa shape index (κ1) is 18.8. The smallest absolute Gasteiger partial charge is 0.231 e. The molecule has 1 aliphatic rings. The third-order valence-corrected chi connectivity index (χ3v) is 4.66. The summed E-state index contributed by atoms with van der Waals surface area (Å²) in [4.78, 5) is 12.6. The van der Waals surface area contributed by atoms with Crippen LogP contribution in [0.1, 0.15) is 27.0 Å². The van der Waals surface area contributed by atoms with E-state index in [0.717, 1.165) is 12.1 Å². The highest BCUT2D eigenvalue weighted by molar-refractivity contribution is 6.15. The summed E-state index contributed by atoms with van der Waals surface area (Å²) >= 11 is 0. The average Bonchev–Trinajstić information content (AvgIpc) is 3.01. The molecule has 0 N–H and O–H groups in total. The van der Waals surface area contributed by atoms with Crippen LogP contribution in [0.2, 0.25) is 0 Å². The maximum Gasteiger partial charge on any atom is 0.231 e. The second-order valence-corrected chi connectivity index (χ2v) is 6.52. The van der Waals surface area contributed by atoms with E-state index in [2.05, 4.69) is 0 Å². The first-order chi connectivity index (χ1) is 14.0. The SMILES string of the molecule is Cc1c(OCc2c(F)cccc2F)ccc2c1O/C(=C\c1ccccc1F)C2=O. The fourth-order valence-corrected chi connectivity index (χ4v) is 3.08. The molecule has 0 amide bonds. The molecule has 0 spiro atoms. The van der Waals surface area contributed by atoms with Gasteiger partial charge in [-0.3, -0.25) is 4.79 Å². The molecule has 146 valence electrons. The third kappa shape index (κ3) is 3.49. The lowest BCUT2D eigenvalue weighted by Crippen LogP contribution is -2.03. The number of carbonyl (C=O) groups is 1. The van der Waals surface area contributed by atoms with Gasteiger partial charge in [0.25, 0.3) is 0 Å². The molecule has 0 saturated carbocycles. The minimum Gasteiger partial charge on any atom is -0.488 e. The second kappa shape index (κ2) is 7.47. The average molecular weight is 396 g/mol. The Morgan fingerprint density at radius 2 is 1.62 bits per heavy atom. The van der Waals surface area contributed by atoms with Gasteiger partial charge in [0.2, 0.25) is 5.78 Å². The number of allylic oxidation sites excluding steroid dienone is 1. The van der Waals surface area contributed by atoms with Gasteiger partial charge >= 0.3 is 0 Å². The summed E-state index contributed by atoms with van der Waals surface area (Å²) in [5.74, 6) is -1.66. The molecule has 3 aromatic rings. The highest BCUT2D eigenvalue weighted by Gasteiger charge is 2.30. The number of rotatable bonds is 4. The van der Waals surface area contributed by atoms with Crippen molar-refractivity contribution in [3.8, 4) is 11.5 Å². The Morgan fingerprint density at radius 1 is 0.931 bits per heavy atom. The van der Waals surface area contributed by atoms with Crippen molar-refractivity contribution in [1.29, 1.82) is 0 Å². The summed E-state index contributed by atoms with van der Waals surface area (Å²) in [6.07, 6.45) is 1.34. The van der Waals surface area contributed by atoms with Crippen molar-refractivity contribution in [1.82, 2.24) is 0 Å². The van der Waals surface area contributed by atoms with E-state index >= 15 is 0 Å². The third-order valence-electron chi connectivity index (χ3n) is 4.66. The zero-order chi connectivity index (χ0) is 20.5. The lowest BCUT2D eigenvalue weighted by Gasteiger charge is -2.12. The van der Waals surface area contributed by atoms with Crippen LogP contribution >= 0.6 is 0 Å². The minimum atomic E-state index is -0.703. The van der Waals surface area contributed by atoms with Crippen LogP contribution in [0.5, 0.6) is 11.5 Å². The molecule has 6 heteroatoms. The van der Waals surface area contributed by atoms with Crippen LogP contribution in [-0.2, 0) is 6.61 Å². The van der Waals surface area contributed by atoms with Gasteiger partial charge in [-0.1, -0.05) is 24.3 Å². The van der Waals surface area contributed by atoms with Crippen molar-refractivity contribution in [2.45, 2.75) is 13.5 Å². The van der Waals surface area contributed by atoms with E-state index < -0.39 is 17.5 Å². The van der Waals surface area contributed by atoms with Crippen LogP contribution in [-0.4, -0.2) is 5.78 Å². The molecule has 0 fully saturated rings. The van der Waals surface area contributed by atoms with Crippen LogP contribution < -0.4 is 9.47 Å². The zero-order valence-corrected chi connectivity index (χ0v) is 15.3. The minimum absolute atomic E-state index is 0.00880. The van der Waals surface area contributed by atoms with Gasteiger partial charge in [0.1, 0.15) is 35.6 Å². The molecular weight excluding hydrogens is 381 g/mol. The molecule has 0 aliphatic carbocycles. The zero-order valence-electron chi connectivity index (χ0n) is 15.3. The van der Waals surface area contributed by atoms with Gasteiger partial charge in [0.15, 0.2) is 5.76 Å². The Bertz CT molecular complexity index is 1130. The Kier molecular flexibility index (Phi) is 4.84. The molecule has 0 radical (unpaired) electrons. The van der Waals surface area contributed by atoms with Gasteiger partial charge in [-0.2, -0.15) is 0 Å². The Morgan fingerprint density at radius 3 is 2.34 bits per heavy atom. The summed E-state index contributed by atoms with van der Waals surface area (Å²) < 4.78 is 52.7. The quantitative estimate of drug-likeness (QED) is 0.538. The van der Waals surface area contributed by atoms with Gasteiger partial charge in [0, 0.05) is 11.1 Å². The molecule has 1 aliphatic heterocycles. The van der Waals surface area contributed by atoms with Crippen LogP contribution in [0.3, 0.4) is 0 Å². The molecule has 0 aromatic heterocycles. The molecule has 0 atom stereocenters. The molecule has 0 unspecified atom stereocenters. The van der Waals surface area contributed by atoms with E-state index in [0.29, 0.717) is 16.9 Å². The molecule has 1 heterocycles. The van der Waals surface area contributed by atoms with Crippen LogP contribution in [0.25, 0.3) is 6.08 Å². The largest absolute Gasteiger partial charge is 0.488 e. The summed E-state index contributed by atoms with van der Waals surface area (Å²) in [5, 5.41) is 0. The topological polar surface area (TPSA) is 35.5 Å². The van der Waals surface area contributed by atoms with Gasteiger partial charge in [-0.15, -0.1) is 0 Å². The summed E-state index contributed by atoms with van der Waals surface area (Å²) in [7, 11) is 0. The van der Waals surface area contributed by atoms with Crippen molar-refractivity contribution in [3.63, 3.8) is 0 Å². The standard InChI is InChI=1S/C23H15F3O3/c1-13-20(28-12-16-18(25)7-4-8-19(16)26)10-9-15-22(27)21(29-23(13)15)11-14-5-2-3-6-17(14)24/h2-11H,12H2,1H3/b21-11-. The second-order valence-electron chi connectivity index (χ2n) is 6.52. The number of hydrogen-bond acceptors (Lipinski definition) is 3. The van der Waals surface area contributed by atoms with Crippen molar-refractivity contribution < 1.29 is 27.4 Å². The van der Waals surface area contributed by atoms with E-state index in [4.69, 9.17) is 9.47 Å². The maximum absolute atomic E-state index is 13.9. The number of carbonyl (C=O) groups excluding carboxylic acids is 1. The fourth-order valence-electron chi connectivity index (χ4n) is 3.08. The monoisotopic (exact) mass is 396 g/mol. The number of ether oxygens (including phenoxy) is 2. The first-order valence-electron chi connectivity index (χ1n) is 8.84. The van der Waals surface area contributed by atoms with Gasteiger partial charge < -0.3 is 9.47 Å². The van der Waals surface area contributed by atoms with Gasteiger partial charge in [0.05, 0.1) is 11.1 Å². The number of benzene rings is 3. The number of halogens is 3. The Labute approximate surface area is 165 Å². The van der Waals surface area contributed by atoms with Crippen molar-refractivity contribution >= 4 is 11.9 Å². The number of ketones is 1. The van der Waals surface area contributed by atoms with Crippen molar-refractivity contribution in [2.75, 3.05) is 0 Å². The van der Waals surface area contributed by atoms with Gasteiger partial charge in [-0.25, -0.2) is 13.2 Å². The highest BCUT2D eigenvalue weighted by atomic mass is 19.1. The Balaban J connectivity index is 1.61. The van der Waals surface area contributed by atoms with Crippen LogP contribution in [0.15, 0.2) is 60.4 Å². The molecular formula is C23H15F3O3.